The monoisotopic (exact) mass is 241 g/mol. The van der Waals surface area contributed by atoms with E-state index in [9.17, 15) is 5.11 Å². The van der Waals surface area contributed by atoms with Gasteiger partial charge in [-0.1, -0.05) is 6.92 Å². The van der Waals surface area contributed by atoms with E-state index in [4.69, 9.17) is 4.74 Å². The molecular formula is C12H19NO2S. The fourth-order valence-corrected chi connectivity index (χ4v) is 3.29. The smallest absolute Gasteiger partial charge is 0.0794 e. The molecule has 5 atom stereocenters. The molecule has 0 bridgehead atoms. The first-order valence-corrected chi connectivity index (χ1v) is 6.68. The quantitative estimate of drug-likeness (QED) is 0.881. The van der Waals surface area contributed by atoms with Crippen LogP contribution in [-0.2, 0) is 11.2 Å². The molecule has 1 aromatic rings. The van der Waals surface area contributed by atoms with Crippen molar-refractivity contribution in [1.29, 1.82) is 0 Å². The van der Waals surface area contributed by atoms with Crippen LogP contribution in [0.5, 0.6) is 0 Å². The second-order valence-corrected chi connectivity index (χ2v) is 5.69. The van der Waals surface area contributed by atoms with Crippen LogP contribution in [0.3, 0.4) is 0 Å². The van der Waals surface area contributed by atoms with Gasteiger partial charge in [0.15, 0.2) is 0 Å². The molecule has 0 radical (unpaired) electrons. The Morgan fingerprint density at radius 2 is 2.19 bits per heavy atom. The van der Waals surface area contributed by atoms with Crippen molar-refractivity contribution in [2.45, 2.75) is 45.5 Å². The van der Waals surface area contributed by atoms with Crippen LogP contribution in [0.2, 0.25) is 0 Å². The van der Waals surface area contributed by atoms with E-state index >= 15 is 0 Å². The van der Waals surface area contributed by atoms with E-state index in [0.717, 1.165) is 4.88 Å². The Kier molecular flexibility index (Phi) is 3.62. The van der Waals surface area contributed by atoms with Crippen LogP contribution in [0.4, 0.5) is 0 Å². The predicted octanol–water partition coefficient (Wildman–Crippen LogP) is 2.11. The third kappa shape index (κ3) is 2.29. The van der Waals surface area contributed by atoms with Gasteiger partial charge in [0.25, 0.3) is 0 Å². The number of aromatic nitrogens is 1. The molecule has 0 spiro atoms. The number of aliphatic hydroxyl groups excluding tert-OH is 1. The number of thiazole rings is 1. The molecule has 1 fully saturated rings. The molecule has 0 aliphatic carbocycles. The van der Waals surface area contributed by atoms with Gasteiger partial charge in [-0.25, -0.2) is 0 Å². The molecule has 1 saturated heterocycles. The van der Waals surface area contributed by atoms with E-state index in [1.54, 1.807) is 11.3 Å². The molecule has 5 unspecified atom stereocenters. The van der Waals surface area contributed by atoms with Crippen molar-refractivity contribution in [3.05, 3.63) is 16.6 Å². The average Bonchev–Trinajstić information content (AvgIpc) is 2.77. The molecule has 1 N–H and O–H groups in total. The standard InChI is InChI=1S/C12H19NO2S/c1-7-8(2)15-9(3)12(7)11(14)4-10-5-13-6-16-10/h5-9,11-12,14H,4H2,1-3H3. The molecule has 2 heterocycles. The fraction of sp³-hybridized carbons (Fsp3) is 0.750. The zero-order valence-corrected chi connectivity index (χ0v) is 10.8. The van der Waals surface area contributed by atoms with E-state index in [-0.39, 0.29) is 24.2 Å². The second kappa shape index (κ2) is 4.82. The van der Waals surface area contributed by atoms with Gasteiger partial charge in [0.2, 0.25) is 0 Å². The first kappa shape index (κ1) is 12.0. The van der Waals surface area contributed by atoms with Crippen molar-refractivity contribution < 1.29 is 9.84 Å². The first-order valence-electron chi connectivity index (χ1n) is 5.80. The Labute approximate surface area is 100 Å². The Balaban J connectivity index is 2.01. The minimum atomic E-state index is -0.324. The van der Waals surface area contributed by atoms with Crippen molar-refractivity contribution in [1.82, 2.24) is 4.98 Å². The number of hydrogen-bond acceptors (Lipinski definition) is 4. The van der Waals surface area contributed by atoms with Crippen LogP contribution in [0.1, 0.15) is 25.6 Å². The minimum Gasteiger partial charge on any atom is -0.392 e. The van der Waals surface area contributed by atoms with Gasteiger partial charge in [-0.15, -0.1) is 11.3 Å². The van der Waals surface area contributed by atoms with Gasteiger partial charge in [-0.05, 0) is 19.8 Å². The molecule has 2 rings (SSSR count). The van der Waals surface area contributed by atoms with Crippen LogP contribution < -0.4 is 0 Å². The van der Waals surface area contributed by atoms with E-state index < -0.39 is 0 Å². The highest BCUT2D eigenvalue weighted by atomic mass is 32.1. The highest BCUT2D eigenvalue weighted by molar-refractivity contribution is 7.09. The van der Waals surface area contributed by atoms with Gasteiger partial charge in [-0.3, -0.25) is 4.98 Å². The summed E-state index contributed by atoms with van der Waals surface area (Å²) in [5.74, 6) is 0.648. The summed E-state index contributed by atoms with van der Waals surface area (Å²) >= 11 is 1.60. The maximum Gasteiger partial charge on any atom is 0.0794 e. The maximum absolute atomic E-state index is 10.3. The van der Waals surface area contributed by atoms with Crippen molar-refractivity contribution in [3.63, 3.8) is 0 Å². The second-order valence-electron chi connectivity index (χ2n) is 4.72. The summed E-state index contributed by atoms with van der Waals surface area (Å²) in [4.78, 5) is 5.18. The molecule has 0 aromatic carbocycles. The van der Waals surface area contributed by atoms with Crippen molar-refractivity contribution in [2.75, 3.05) is 0 Å². The molecule has 90 valence electrons. The minimum absolute atomic E-state index is 0.146. The molecular weight excluding hydrogens is 222 g/mol. The number of ether oxygens (including phenoxy) is 1. The van der Waals surface area contributed by atoms with Crippen molar-refractivity contribution in [2.24, 2.45) is 11.8 Å². The van der Waals surface area contributed by atoms with Gasteiger partial charge < -0.3 is 9.84 Å². The predicted molar refractivity (Wildman–Crippen MR) is 64.5 cm³/mol. The Morgan fingerprint density at radius 1 is 1.44 bits per heavy atom. The summed E-state index contributed by atoms with van der Waals surface area (Å²) < 4.78 is 5.75. The summed E-state index contributed by atoms with van der Waals surface area (Å²) in [5, 5.41) is 10.3. The maximum atomic E-state index is 10.3. The number of rotatable bonds is 3. The van der Waals surface area contributed by atoms with E-state index in [1.807, 2.05) is 11.7 Å². The normalized spacial score (nSPS) is 36.5. The van der Waals surface area contributed by atoms with E-state index in [1.165, 1.54) is 0 Å². The average molecular weight is 241 g/mol. The molecule has 1 aromatic heterocycles. The van der Waals surface area contributed by atoms with Gasteiger partial charge in [0.1, 0.15) is 0 Å². The van der Waals surface area contributed by atoms with Gasteiger partial charge in [-0.2, -0.15) is 0 Å². The lowest BCUT2D eigenvalue weighted by atomic mass is 9.83. The topological polar surface area (TPSA) is 42.4 Å². The molecule has 0 amide bonds. The third-order valence-corrected chi connectivity index (χ3v) is 4.46. The molecule has 3 nitrogen and oxygen atoms in total. The van der Waals surface area contributed by atoms with Gasteiger partial charge in [0.05, 0.1) is 23.8 Å². The highest BCUT2D eigenvalue weighted by Gasteiger charge is 2.41. The molecule has 1 aliphatic heterocycles. The lowest BCUT2D eigenvalue weighted by Gasteiger charge is -2.24. The summed E-state index contributed by atoms with van der Waals surface area (Å²) in [6.45, 7) is 6.30. The lowest BCUT2D eigenvalue weighted by molar-refractivity contribution is 0.0242. The zero-order chi connectivity index (χ0) is 11.7. The van der Waals surface area contributed by atoms with Gasteiger partial charge in [0, 0.05) is 23.4 Å². The van der Waals surface area contributed by atoms with Gasteiger partial charge >= 0.3 is 0 Å². The lowest BCUT2D eigenvalue weighted by Crippen LogP contribution is -2.32. The summed E-state index contributed by atoms with van der Waals surface area (Å²) in [5.41, 5.74) is 1.81. The Hall–Kier alpha value is -0.450. The summed E-state index contributed by atoms with van der Waals surface area (Å²) in [7, 11) is 0. The fourth-order valence-electron chi connectivity index (χ4n) is 2.64. The van der Waals surface area contributed by atoms with Crippen LogP contribution in [0, 0.1) is 11.8 Å². The number of hydrogen-bond donors (Lipinski definition) is 1. The molecule has 0 saturated carbocycles. The SMILES string of the molecule is CC1OC(C)C(C(O)Cc2cncs2)C1C. The third-order valence-electron chi connectivity index (χ3n) is 3.66. The molecule has 4 heteroatoms. The number of nitrogens with zero attached hydrogens (tertiary/aromatic N) is 1. The van der Waals surface area contributed by atoms with Crippen molar-refractivity contribution in [3.8, 4) is 0 Å². The Bertz CT molecular complexity index is 328. The van der Waals surface area contributed by atoms with E-state index in [2.05, 4.69) is 25.8 Å². The summed E-state index contributed by atoms with van der Waals surface area (Å²) in [6, 6.07) is 0. The number of aliphatic hydroxyl groups is 1. The molecule has 16 heavy (non-hydrogen) atoms. The van der Waals surface area contributed by atoms with E-state index in [0.29, 0.717) is 12.3 Å². The van der Waals surface area contributed by atoms with Crippen LogP contribution in [-0.4, -0.2) is 28.4 Å². The highest BCUT2D eigenvalue weighted by Crippen LogP contribution is 2.35. The molecule has 1 aliphatic rings. The largest absolute Gasteiger partial charge is 0.392 e. The van der Waals surface area contributed by atoms with Crippen LogP contribution in [0.25, 0.3) is 0 Å². The first-order chi connectivity index (χ1) is 7.59. The Morgan fingerprint density at radius 3 is 2.69 bits per heavy atom. The van der Waals surface area contributed by atoms with Crippen LogP contribution in [0.15, 0.2) is 11.7 Å². The summed E-state index contributed by atoms with van der Waals surface area (Å²) in [6.07, 6.45) is 2.60. The van der Waals surface area contributed by atoms with Crippen LogP contribution >= 0.6 is 11.3 Å². The van der Waals surface area contributed by atoms with Crippen molar-refractivity contribution >= 4 is 11.3 Å². The zero-order valence-electron chi connectivity index (χ0n) is 9.96.